The van der Waals surface area contributed by atoms with Gasteiger partial charge in [0, 0.05) is 24.2 Å². The highest BCUT2D eigenvalue weighted by Gasteiger charge is 2.29. The van der Waals surface area contributed by atoms with Crippen molar-refractivity contribution in [2.45, 2.75) is 53.9 Å². The van der Waals surface area contributed by atoms with Crippen LogP contribution in [0.4, 0.5) is 0 Å². The zero-order valence-electron chi connectivity index (χ0n) is 13.3. The predicted octanol–water partition coefficient (Wildman–Crippen LogP) is 3.08. The molecule has 1 unspecified atom stereocenters. The molecule has 4 nitrogen and oxygen atoms in total. The van der Waals surface area contributed by atoms with Gasteiger partial charge in [0.25, 0.3) is 0 Å². The number of amides is 1. The first kappa shape index (κ1) is 16.7. The van der Waals surface area contributed by atoms with Crippen LogP contribution in [0.5, 0.6) is 0 Å². The molecule has 114 valence electrons. The fourth-order valence-corrected chi connectivity index (χ4v) is 2.72. The standard InChI is InChI=1S/C16H27NO3/c1-11(12(2)15(19)20)14(18)17-9-6-7-13(8-10-17)16(3,4)5/h13H,6-10H2,1-5H3,(H,19,20). The number of hydrogen-bond acceptors (Lipinski definition) is 2. The molecule has 1 amide bonds. The van der Waals surface area contributed by atoms with E-state index in [-0.39, 0.29) is 16.9 Å². The highest BCUT2D eigenvalue weighted by atomic mass is 16.4. The van der Waals surface area contributed by atoms with Crippen LogP contribution in [0.25, 0.3) is 0 Å². The third kappa shape index (κ3) is 4.09. The summed E-state index contributed by atoms with van der Waals surface area (Å²) in [5, 5.41) is 8.98. The van der Waals surface area contributed by atoms with Gasteiger partial charge in [-0.05, 0) is 44.4 Å². The van der Waals surface area contributed by atoms with Crippen molar-refractivity contribution >= 4 is 11.9 Å². The lowest BCUT2D eigenvalue weighted by molar-refractivity contribution is -0.133. The van der Waals surface area contributed by atoms with E-state index < -0.39 is 5.97 Å². The molecule has 0 radical (unpaired) electrons. The molecule has 0 aromatic rings. The van der Waals surface area contributed by atoms with Gasteiger partial charge in [-0.3, -0.25) is 4.79 Å². The quantitative estimate of drug-likeness (QED) is 0.791. The first-order valence-electron chi connectivity index (χ1n) is 7.34. The third-order valence-electron chi connectivity index (χ3n) is 4.44. The van der Waals surface area contributed by atoms with Crippen LogP contribution in [0, 0.1) is 11.3 Å². The number of rotatable bonds is 2. The molecule has 1 rings (SSSR count). The van der Waals surface area contributed by atoms with E-state index in [1.807, 2.05) is 4.90 Å². The molecule has 1 atom stereocenters. The maximum Gasteiger partial charge on any atom is 0.331 e. The lowest BCUT2D eigenvalue weighted by Crippen LogP contribution is -2.33. The highest BCUT2D eigenvalue weighted by Crippen LogP contribution is 2.34. The average molecular weight is 281 g/mol. The van der Waals surface area contributed by atoms with Crippen LogP contribution in [0.2, 0.25) is 0 Å². The highest BCUT2D eigenvalue weighted by molar-refractivity contribution is 6.01. The minimum atomic E-state index is -1.02. The van der Waals surface area contributed by atoms with Gasteiger partial charge in [-0.15, -0.1) is 0 Å². The molecule has 0 saturated carbocycles. The molecule has 20 heavy (non-hydrogen) atoms. The number of aliphatic carboxylic acids is 1. The Bertz CT molecular complexity index is 418. The van der Waals surface area contributed by atoms with Crippen LogP contribution in [0.1, 0.15) is 53.9 Å². The van der Waals surface area contributed by atoms with E-state index in [0.717, 1.165) is 32.4 Å². The van der Waals surface area contributed by atoms with Crippen LogP contribution in [-0.2, 0) is 9.59 Å². The largest absolute Gasteiger partial charge is 0.478 e. The Morgan fingerprint density at radius 3 is 2.15 bits per heavy atom. The number of carboxylic acids is 1. The van der Waals surface area contributed by atoms with Gasteiger partial charge in [-0.25, -0.2) is 4.79 Å². The Morgan fingerprint density at radius 2 is 1.65 bits per heavy atom. The van der Waals surface area contributed by atoms with Crippen LogP contribution in [-0.4, -0.2) is 35.0 Å². The lowest BCUT2D eigenvalue weighted by Gasteiger charge is -2.29. The lowest BCUT2D eigenvalue weighted by atomic mass is 9.77. The van der Waals surface area contributed by atoms with Crippen molar-refractivity contribution in [3.05, 3.63) is 11.1 Å². The van der Waals surface area contributed by atoms with Gasteiger partial charge in [-0.1, -0.05) is 20.8 Å². The van der Waals surface area contributed by atoms with E-state index in [9.17, 15) is 9.59 Å². The molecule has 1 fully saturated rings. The molecule has 1 aliphatic heterocycles. The average Bonchev–Trinajstić information content (AvgIpc) is 2.61. The van der Waals surface area contributed by atoms with Crippen molar-refractivity contribution in [1.82, 2.24) is 4.90 Å². The number of hydrogen-bond donors (Lipinski definition) is 1. The molecule has 0 aromatic heterocycles. The van der Waals surface area contributed by atoms with Crippen molar-refractivity contribution in [2.24, 2.45) is 11.3 Å². The van der Waals surface area contributed by atoms with Gasteiger partial charge in [0.15, 0.2) is 0 Å². The maximum absolute atomic E-state index is 12.4. The second kappa shape index (κ2) is 6.42. The van der Waals surface area contributed by atoms with Crippen LogP contribution < -0.4 is 0 Å². The van der Waals surface area contributed by atoms with Crippen LogP contribution in [0.15, 0.2) is 11.1 Å². The summed E-state index contributed by atoms with van der Waals surface area (Å²) in [6.45, 7) is 11.3. The number of carboxylic acid groups (broad SMARTS) is 1. The number of likely N-dealkylation sites (tertiary alicyclic amines) is 1. The van der Waals surface area contributed by atoms with E-state index in [1.165, 1.54) is 6.92 Å². The minimum absolute atomic E-state index is 0.126. The molecule has 1 saturated heterocycles. The summed E-state index contributed by atoms with van der Waals surface area (Å²) in [4.78, 5) is 25.1. The van der Waals surface area contributed by atoms with Gasteiger partial charge in [0.05, 0.1) is 0 Å². The van der Waals surface area contributed by atoms with Crippen LogP contribution >= 0.6 is 0 Å². The zero-order chi connectivity index (χ0) is 15.5. The Balaban J connectivity index is 2.78. The number of carbonyl (C=O) groups excluding carboxylic acids is 1. The molecule has 1 aliphatic rings. The van der Waals surface area contributed by atoms with E-state index >= 15 is 0 Å². The summed E-state index contributed by atoms with van der Waals surface area (Å²) in [7, 11) is 0. The van der Waals surface area contributed by atoms with E-state index in [4.69, 9.17) is 5.11 Å². The molecule has 1 heterocycles. The topological polar surface area (TPSA) is 57.6 Å². The Labute approximate surface area is 121 Å². The van der Waals surface area contributed by atoms with Crippen molar-refractivity contribution < 1.29 is 14.7 Å². The van der Waals surface area contributed by atoms with Gasteiger partial charge < -0.3 is 10.0 Å². The van der Waals surface area contributed by atoms with E-state index in [0.29, 0.717) is 11.5 Å². The fourth-order valence-electron chi connectivity index (χ4n) is 2.72. The second-order valence-corrected chi connectivity index (χ2v) is 6.84. The summed E-state index contributed by atoms with van der Waals surface area (Å²) < 4.78 is 0. The second-order valence-electron chi connectivity index (χ2n) is 6.84. The zero-order valence-corrected chi connectivity index (χ0v) is 13.3. The first-order valence-corrected chi connectivity index (χ1v) is 7.34. The molecule has 0 spiro atoms. The van der Waals surface area contributed by atoms with E-state index in [2.05, 4.69) is 20.8 Å². The Kier molecular flexibility index (Phi) is 5.37. The smallest absolute Gasteiger partial charge is 0.331 e. The third-order valence-corrected chi connectivity index (χ3v) is 4.44. The number of nitrogens with zero attached hydrogens (tertiary/aromatic N) is 1. The van der Waals surface area contributed by atoms with Crippen molar-refractivity contribution in [3.8, 4) is 0 Å². The van der Waals surface area contributed by atoms with Gasteiger partial charge in [-0.2, -0.15) is 0 Å². The molecule has 1 N–H and O–H groups in total. The van der Waals surface area contributed by atoms with Gasteiger partial charge >= 0.3 is 5.97 Å². The summed E-state index contributed by atoms with van der Waals surface area (Å²) >= 11 is 0. The summed E-state index contributed by atoms with van der Waals surface area (Å²) in [5.41, 5.74) is 0.763. The maximum atomic E-state index is 12.4. The SMILES string of the molecule is CC(C(=O)O)=C(C)C(=O)N1CCCC(C(C)(C)C)CC1. The van der Waals surface area contributed by atoms with Crippen LogP contribution in [0.3, 0.4) is 0 Å². The Morgan fingerprint density at radius 1 is 1.05 bits per heavy atom. The van der Waals surface area contributed by atoms with Gasteiger partial charge in [0.1, 0.15) is 0 Å². The van der Waals surface area contributed by atoms with Crippen molar-refractivity contribution in [3.63, 3.8) is 0 Å². The monoisotopic (exact) mass is 281 g/mol. The molecule has 0 bridgehead atoms. The normalized spacial score (nSPS) is 22.1. The molecular formula is C16H27NO3. The number of carbonyl (C=O) groups is 2. The summed E-state index contributed by atoms with van der Waals surface area (Å²) in [6, 6.07) is 0. The minimum Gasteiger partial charge on any atom is -0.478 e. The first-order chi connectivity index (χ1) is 9.14. The summed E-state index contributed by atoms with van der Waals surface area (Å²) in [6.07, 6.45) is 3.12. The Hall–Kier alpha value is -1.32. The molecule has 0 aliphatic carbocycles. The van der Waals surface area contributed by atoms with E-state index in [1.54, 1.807) is 6.92 Å². The fraction of sp³-hybridized carbons (Fsp3) is 0.750. The van der Waals surface area contributed by atoms with Crippen molar-refractivity contribution in [1.29, 1.82) is 0 Å². The van der Waals surface area contributed by atoms with Gasteiger partial charge in [0.2, 0.25) is 5.91 Å². The molecule has 4 heteroatoms. The van der Waals surface area contributed by atoms with Crippen molar-refractivity contribution in [2.75, 3.05) is 13.1 Å². The summed E-state index contributed by atoms with van der Waals surface area (Å²) in [5.74, 6) is -0.525. The predicted molar refractivity (Wildman–Crippen MR) is 79.4 cm³/mol. The molecule has 0 aromatic carbocycles. The molecular weight excluding hydrogens is 254 g/mol.